The SMILES string of the molecule is COc1ccc(/C=C2/CC/C(=C\c3cccc([N+](=O)[O-])c3)C2=O)cc1O. The summed E-state index contributed by atoms with van der Waals surface area (Å²) in [5.41, 5.74) is 2.60. The number of ketones is 1. The van der Waals surface area contributed by atoms with E-state index in [0.717, 1.165) is 0 Å². The maximum Gasteiger partial charge on any atom is 0.270 e. The first-order valence-corrected chi connectivity index (χ1v) is 8.05. The first-order chi connectivity index (χ1) is 12.5. The van der Waals surface area contributed by atoms with Gasteiger partial charge in [0.05, 0.1) is 12.0 Å². The second-order valence-electron chi connectivity index (χ2n) is 5.95. The summed E-state index contributed by atoms with van der Waals surface area (Å²) in [6.07, 6.45) is 4.61. The van der Waals surface area contributed by atoms with Crippen LogP contribution in [0.15, 0.2) is 53.6 Å². The van der Waals surface area contributed by atoms with Gasteiger partial charge in [-0.1, -0.05) is 18.2 Å². The number of methoxy groups -OCH3 is 1. The fourth-order valence-corrected chi connectivity index (χ4v) is 2.91. The van der Waals surface area contributed by atoms with Gasteiger partial charge < -0.3 is 9.84 Å². The van der Waals surface area contributed by atoms with E-state index in [2.05, 4.69) is 0 Å². The molecule has 0 saturated heterocycles. The van der Waals surface area contributed by atoms with Crippen molar-refractivity contribution >= 4 is 23.6 Å². The van der Waals surface area contributed by atoms with Crippen LogP contribution in [0.4, 0.5) is 5.69 Å². The molecule has 3 rings (SSSR count). The molecule has 6 nitrogen and oxygen atoms in total. The van der Waals surface area contributed by atoms with Crippen molar-refractivity contribution in [1.82, 2.24) is 0 Å². The third-order valence-corrected chi connectivity index (χ3v) is 4.21. The van der Waals surface area contributed by atoms with E-state index >= 15 is 0 Å². The van der Waals surface area contributed by atoms with Crippen molar-refractivity contribution in [3.63, 3.8) is 0 Å². The Hall–Kier alpha value is -3.41. The predicted octanol–water partition coefficient (Wildman–Crippen LogP) is 4.14. The van der Waals surface area contributed by atoms with Crippen LogP contribution in [0, 0.1) is 10.1 Å². The highest BCUT2D eigenvalue weighted by atomic mass is 16.6. The summed E-state index contributed by atoms with van der Waals surface area (Å²) < 4.78 is 5.01. The number of ether oxygens (including phenoxy) is 1. The molecule has 1 N–H and O–H groups in total. The minimum absolute atomic E-state index is 0.00531. The molecular formula is C20H17NO5. The molecule has 1 fully saturated rings. The number of phenolic OH excluding ortho intramolecular Hbond substituents is 1. The van der Waals surface area contributed by atoms with Gasteiger partial charge in [-0.05, 0) is 48.3 Å². The van der Waals surface area contributed by atoms with Gasteiger partial charge in [0, 0.05) is 23.3 Å². The Kier molecular flexibility index (Phi) is 4.84. The number of non-ortho nitro benzene ring substituents is 1. The molecule has 0 heterocycles. The van der Waals surface area contributed by atoms with Gasteiger partial charge in [-0.25, -0.2) is 0 Å². The number of carbonyl (C=O) groups excluding carboxylic acids is 1. The van der Waals surface area contributed by atoms with Gasteiger partial charge in [0.15, 0.2) is 17.3 Å². The predicted molar refractivity (Wildman–Crippen MR) is 98.0 cm³/mol. The number of benzene rings is 2. The lowest BCUT2D eigenvalue weighted by Gasteiger charge is -2.04. The van der Waals surface area contributed by atoms with E-state index in [9.17, 15) is 20.0 Å². The quantitative estimate of drug-likeness (QED) is 0.508. The van der Waals surface area contributed by atoms with E-state index in [4.69, 9.17) is 4.74 Å². The van der Waals surface area contributed by atoms with Gasteiger partial charge in [-0.3, -0.25) is 14.9 Å². The van der Waals surface area contributed by atoms with Gasteiger partial charge in [-0.2, -0.15) is 0 Å². The molecule has 1 aliphatic carbocycles. The van der Waals surface area contributed by atoms with Gasteiger partial charge >= 0.3 is 0 Å². The van der Waals surface area contributed by atoms with Crippen LogP contribution in [0.3, 0.4) is 0 Å². The third-order valence-electron chi connectivity index (χ3n) is 4.21. The van der Waals surface area contributed by atoms with Crippen LogP contribution in [0.1, 0.15) is 24.0 Å². The normalized spacial score (nSPS) is 17.0. The number of hydrogen-bond donors (Lipinski definition) is 1. The maximum absolute atomic E-state index is 12.6. The molecule has 0 aromatic heterocycles. The van der Waals surface area contributed by atoms with Crippen LogP contribution in [0.5, 0.6) is 11.5 Å². The molecule has 2 aromatic carbocycles. The number of carbonyl (C=O) groups is 1. The molecule has 0 aliphatic heterocycles. The van der Waals surface area contributed by atoms with Crippen molar-refractivity contribution in [2.45, 2.75) is 12.8 Å². The first kappa shape index (κ1) is 17.4. The van der Waals surface area contributed by atoms with Crippen molar-refractivity contribution in [3.05, 3.63) is 74.9 Å². The molecule has 1 aliphatic rings. The number of aromatic hydroxyl groups is 1. The molecule has 0 unspecified atom stereocenters. The maximum atomic E-state index is 12.6. The number of nitro benzene ring substituents is 1. The van der Waals surface area contributed by atoms with Crippen molar-refractivity contribution in [1.29, 1.82) is 0 Å². The molecule has 0 bridgehead atoms. The molecule has 0 atom stereocenters. The van der Waals surface area contributed by atoms with Crippen LogP contribution in [-0.2, 0) is 4.79 Å². The second-order valence-corrected chi connectivity index (χ2v) is 5.95. The standard InChI is InChI=1S/C20H17NO5/c1-26-19-8-5-14(12-18(19)22)10-16-7-6-15(20(16)23)9-13-3-2-4-17(11-13)21(24)25/h2-5,8-12,22H,6-7H2,1H3/b15-9+,16-10-. The third kappa shape index (κ3) is 3.64. The van der Waals surface area contributed by atoms with E-state index in [0.29, 0.717) is 40.9 Å². The first-order valence-electron chi connectivity index (χ1n) is 8.05. The fraction of sp³-hybridized carbons (Fsp3) is 0.150. The summed E-state index contributed by atoms with van der Waals surface area (Å²) in [5.74, 6) is 0.308. The minimum atomic E-state index is -0.458. The monoisotopic (exact) mass is 351 g/mol. The number of nitrogens with zero attached hydrogens (tertiary/aromatic N) is 1. The Bertz CT molecular complexity index is 943. The summed E-state index contributed by atoms with van der Waals surface area (Å²) in [5, 5.41) is 20.7. The van der Waals surface area contributed by atoms with Gasteiger partial charge in [0.2, 0.25) is 0 Å². The molecular weight excluding hydrogens is 334 g/mol. The zero-order valence-electron chi connectivity index (χ0n) is 14.1. The Balaban J connectivity index is 1.84. The summed E-state index contributed by atoms with van der Waals surface area (Å²) in [4.78, 5) is 23.0. The van der Waals surface area contributed by atoms with Crippen LogP contribution in [0.2, 0.25) is 0 Å². The van der Waals surface area contributed by atoms with Crippen LogP contribution in [-0.4, -0.2) is 22.9 Å². The molecule has 26 heavy (non-hydrogen) atoms. The van der Waals surface area contributed by atoms with E-state index in [1.54, 1.807) is 42.5 Å². The molecule has 6 heteroatoms. The molecule has 0 amide bonds. The van der Waals surface area contributed by atoms with E-state index in [-0.39, 0.29) is 17.2 Å². The minimum Gasteiger partial charge on any atom is -0.504 e. The molecule has 0 spiro atoms. The average molecular weight is 351 g/mol. The largest absolute Gasteiger partial charge is 0.504 e. The number of hydrogen-bond acceptors (Lipinski definition) is 5. The Morgan fingerprint density at radius 2 is 1.73 bits per heavy atom. The van der Waals surface area contributed by atoms with Crippen LogP contribution < -0.4 is 4.74 Å². The van der Waals surface area contributed by atoms with Gasteiger partial charge in [0.1, 0.15) is 0 Å². The van der Waals surface area contributed by atoms with Crippen molar-refractivity contribution in [3.8, 4) is 11.5 Å². The second kappa shape index (κ2) is 7.23. The highest BCUT2D eigenvalue weighted by Gasteiger charge is 2.23. The highest BCUT2D eigenvalue weighted by Crippen LogP contribution is 2.32. The number of rotatable bonds is 4. The molecule has 0 radical (unpaired) electrons. The Morgan fingerprint density at radius 3 is 2.31 bits per heavy atom. The van der Waals surface area contributed by atoms with Crippen LogP contribution in [0.25, 0.3) is 12.2 Å². The molecule has 132 valence electrons. The van der Waals surface area contributed by atoms with E-state index < -0.39 is 4.92 Å². The van der Waals surface area contributed by atoms with E-state index in [1.807, 2.05) is 0 Å². The number of nitro groups is 1. The van der Waals surface area contributed by atoms with Crippen molar-refractivity contribution in [2.24, 2.45) is 0 Å². The fourth-order valence-electron chi connectivity index (χ4n) is 2.91. The number of phenols is 1. The van der Waals surface area contributed by atoms with Crippen LogP contribution >= 0.6 is 0 Å². The lowest BCUT2D eigenvalue weighted by molar-refractivity contribution is -0.384. The van der Waals surface area contributed by atoms with Gasteiger partial charge in [-0.15, -0.1) is 0 Å². The Morgan fingerprint density at radius 1 is 1.08 bits per heavy atom. The number of allylic oxidation sites excluding steroid dienone is 2. The zero-order chi connectivity index (χ0) is 18.7. The number of Topliss-reactive ketones (excluding diaryl/α,β-unsaturated/α-hetero) is 1. The summed E-state index contributed by atoms with van der Waals surface area (Å²) in [6, 6.07) is 11.1. The van der Waals surface area contributed by atoms with E-state index in [1.165, 1.54) is 19.2 Å². The summed E-state index contributed by atoms with van der Waals surface area (Å²) >= 11 is 0. The highest BCUT2D eigenvalue weighted by molar-refractivity contribution is 6.15. The zero-order valence-corrected chi connectivity index (χ0v) is 14.1. The summed E-state index contributed by atoms with van der Waals surface area (Å²) in [6.45, 7) is 0. The lowest BCUT2D eigenvalue weighted by Crippen LogP contribution is -1.96. The smallest absolute Gasteiger partial charge is 0.270 e. The summed E-state index contributed by atoms with van der Waals surface area (Å²) in [7, 11) is 1.47. The topological polar surface area (TPSA) is 89.7 Å². The lowest BCUT2D eigenvalue weighted by atomic mass is 10.1. The average Bonchev–Trinajstić information content (AvgIpc) is 2.95. The molecule has 1 saturated carbocycles. The van der Waals surface area contributed by atoms with Crippen molar-refractivity contribution < 1.29 is 19.6 Å². The van der Waals surface area contributed by atoms with Crippen molar-refractivity contribution in [2.75, 3.05) is 7.11 Å². The Labute approximate surface area is 150 Å². The molecule has 2 aromatic rings. The van der Waals surface area contributed by atoms with Gasteiger partial charge in [0.25, 0.3) is 5.69 Å².